The molecule has 0 radical (unpaired) electrons. The van der Waals surface area contributed by atoms with Crippen LogP contribution in [0.25, 0.3) is 11.2 Å². The molecular formula is C19H23N6O5P. The first-order valence-corrected chi connectivity index (χ1v) is 10.9. The number of imidazole rings is 1. The third kappa shape index (κ3) is 5.88. The van der Waals surface area contributed by atoms with Crippen LogP contribution >= 0.6 is 7.75 Å². The number of nitrogens with zero attached hydrogens (tertiary/aromatic N) is 4. The van der Waals surface area contributed by atoms with Crippen LogP contribution in [0.5, 0.6) is 5.75 Å². The van der Waals surface area contributed by atoms with Crippen LogP contribution < -0.4 is 15.3 Å². The summed E-state index contributed by atoms with van der Waals surface area (Å²) < 4.78 is 30.6. The minimum absolute atomic E-state index is 0.0330. The van der Waals surface area contributed by atoms with Gasteiger partial charge in [0.15, 0.2) is 11.5 Å². The largest absolute Gasteiger partial charge is 0.468 e. The van der Waals surface area contributed by atoms with Crippen LogP contribution in [0.2, 0.25) is 0 Å². The number of nitrogens with two attached hydrogens (primary N) is 1. The number of nitrogens with one attached hydrogen (secondary N) is 1. The summed E-state index contributed by atoms with van der Waals surface area (Å²) in [6, 6.07) is 7.63. The second-order valence-electron chi connectivity index (χ2n) is 6.37. The highest BCUT2D eigenvalue weighted by Crippen LogP contribution is 2.44. The molecule has 0 fully saturated rings. The third-order valence-corrected chi connectivity index (χ3v) is 5.76. The predicted molar refractivity (Wildman–Crippen MR) is 114 cm³/mol. The lowest BCUT2D eigenvalue weighted by atomic mass is 10.3. The van der Waals surface area contributed by atoms with Crippen molar-refractivity contribution in [2.24, 2.45) is 0 Å². The highest BCUT2D eigenvalue weighted by Gasteiger charge is 2.31. The number of methoxy groups -OCH3 is 1. The van der Waals surface area contributed by atoms with Gasteiger partial charge in [0.05, 0.1) is 20.0 Å². The quantitative estimate of drug-likeness (QED) is 0.270. The topological polar surface area (TPSA) is 143 Å². The number of ether oxygens (including phenoxy) is 1. The number of rotatable bonds is 10. The molecule has 2 atom stereocenters. The number of allylic oxidation sites excluding steroid dienone is 1. The SMILES string of the molecule is COC(=O)C(C)NP(=O)(OC/C=C/Cn1cnc2c(N)ncnc21)Oc1ccccc1. The Hall–Kier alpha value is -3.27. The molecule has 3 rings (SSSR count). The first kappa shape index (κ1) is 22.4. The number of esters is 1. The first-order valence-electron chi connectivity index (χ1n) is 9.33. The van der Waals surface area contributed by atoms with Gasteiger partial charge in [-0.25, -0.2) is 19.5 Å². The van der Waals surface area contributed by atoms with Gasteiger partial charge < -0.3 is 19.6 Å². The molecule has 0 aliphatic heterocycles. The van der Waals surface area contributed by atoms with Gasteiger partial charge in [-0.2, -0.15) is 5.09 Å². The maximum atomic E-state index is 13.2. The van der Waals surface area contributed by atoms with Crippen molar-refractivity contribution in [3.8, 4) is 5.75 Å². The lowest BCUT2D eigenvalue weighted by molar-refractivity contribution is -0.142. The molecule has 2 heterocycles. The van der Waals surface area contributed by atoms with Crippen molar-refractivity contribution in [3.63, 3.8) is 0 Å². The zero-order valence-electron chi connectivity index (χ0n) is 17.0. The van der Waals surface area contributed by atoms with E-state index in [-0.39, 0.29) is 6.61 Å². The Bertz CT molecular complexity index is 1100. The normalized spacial score (nSPS) is 14.4. The van der Waals surface area contributed by atoms with E-state index in [4.69, 9.17) is 14.8 Å². The summed E-state index contributed by atoms with van der Waals surface area (Å²) in [6.45, 7) is 1.91. The predicted octanol–water partition coefficient (Wildman–Crippen LogP) is 2.32. The molecule has 0 spiro atoms. The molecule has 1 aromatic carbocycles. The summed E-state index contributed by atoms with van der Waals surface area (Å²) in [5, 5.41) is 2.58. The molecule has 0 saturated heterocycles. The molecular weight excluding hydrogens is 423 g/mol. The molecule has 3 N–H and O–H groups in total. The number of fused-ring (bicyclic) bond motifs is 1. The Morgan fingerprint density at radius 1 is 1.26 bits per heavy atom. The number of hydrogen-bond acceptors (Lipinski definition) is 9. The van der Waals surface area contributed by atoms with Crippen molar-refractivity contribution < 1.29 is 23.1 Å². The van der Waals surface area contributed by atoms with Gasteiger partial charge in [-0.15, -0.1) is 0 Å². The average Bonchev–Trinajstić information content (AvgIpc) is 3.18. The molecule has 0 aliphatic rings. The van der Waals surface area contributed by atoms with E-state index in [2.05, 4.69) is 24.8 Å². The molecule has 0 saturated carbocycles. The fourth-order valence-corrected chi connectivity index (χ4v) is 4.05. The molecule has 164 valence electrons. The number of aromatic nitrogens is 4. The van der Waals surface area contributed by atoms with E-state index in [0.29, 0.717) is 29.3 Å². The number of carbonyl (C=O) groups is 1. The number of nitrogen functional groups attached to an aromatic ring is 1. The van der Waals surface area contributed by atoms with Crippen molar-refractivity contribution in [3.05, 3.63) is 55.1 Å². The highest BCUT2D eigenvalue weighted by molar-refractivity contribution is 7.52. The van der Waals surface area contributed by atoms with Gasteiger partial charge in [0.1, 0.15) is 23.6 Å². The fraction of sp³-hybridized carbons (Fsp3) is 0.263. The molecule has 2 aromatic heterocycles. The Labute approximate surface area is 178 Å². The van der Waals surface area contributed by atoms with Crippen molar-refractivity contribution >= 4 is 30.7 Å². The van der Waals surface area contributed by atoms with Crippen LogP contribution in [-0.4, -0.2) is 45.2 Å². The summed E-state index contributed by atoms with van der Waals surface area (Å²) in [4.78, 5) is 24.0. The van der Waals surface area contributed by atoms with Crippen LogP contribution in [0.3, 0.4) is 0 Å². The number of benzene rings is 1. The molecule has 31 heavy (non-hydrogen) atoms. The summed E-state index contributed by atoms with van der Waals surface area (Å²) in [5.41, 5.74) is 6.90. The first-order chi connectivity index (χ1) is 14.9. The number of hydrogen-bond donors (Lipinski definition) is 2. The molecule has 12 heteroatoms. The number of para-hydroxylation sites is 1. The highest BCUT2D eigenvalue weighted by atomic mass is 31.2. The molecule has 0 amide bonds. The van der Waals surface area contributed by atoms with Crippen LogP contribution in [-0.2, 0) is 25.2 Å². The lowest BCUT2D eigenvalue weighted by Gasteiger charge is -2.21. The van der Waals surface area contributed by atoms with Crippen LogP contribution in [0.15, 0.2) is 55.1 Å². The van der Waals surface area contributed by atoms with E-state index < -0.39 is 19.8 Å². The Morgan fingerprint density at radius 3 is 2.77 bits per heavy atom. The van der Waals surface area contributed by atoms with Crippen molar-refractivity contribution in [2.45, 2.75) is 19.5 Å². The van der Waals surface area contributed by atoms with Crippen molar-refractivity contribution in [1.29, 1.82) is 0 Å². The van der Waals surface area contributed by atoms with E-state index in [1.54, 1.807) is 53.4 Å². The van der Waals surface area contributed by atoms with Gasteiger partial charge in [0.2, 0.25) is 0 Å². The Morgan fingerprint density at radius 2 is 2.03 bits per heavy atom. The van der Waals surface area contributed by atoms with Crippen molar-refractivity contribution in [1.82, 2.24) is 24.6 Å². The lowest BCUT2D eigenvalue weighted by Crippen LogP contribution is -2.34. The van der Waals surface area contributed by atoms with E-state index in [1.807, 2.05) is 0 Å². The summed E-state index contributed by atoms with van der Waals surface area (Å²) in [6.07, 6.45) is 6.43. The van der Waals surface area contributed by atoms with Crippen LogP contribution in [0.4, 0.5) is 5.82 Å². The standard InChI is InChI=1S/C19H23N6O5P/c1-14(19(26)28-2)24-31(27,30-15-8-4-3-5-9-15)29-11-7-6-10-25-13-23-16-17(20)21-12-22-18(16)25/h3-9,12-14H,10-11H2,1-2H3,(H,24,27)(H2,20,21,22)/b7-6+. The minimum atomic E-state index is -3.87. The maximum Gasteiger partial charge on any atom is 0.459 e. The number of carbonyl (C=O) groups excluding carboxylic acids is 1. The zero-order chi connectivity index (χ0) is 22.3. The van der Waals surface area contributed by atoms with Crippen LogP contribution in [0, 0.1) is 0 Å². The van der Waals surface area contributed by atoms with Gasteiger partial charge >= 0.3 is 13.7 Å². The van der Waals surface area contributed by atoms with Crippen molar-refractivity contribution in [2.75, 3.05) is 19.5 Å². The molecule has 0 bridgehead atoms. The second-order valence-corrected chi connectivity index (χ2v) is 8.06. The van der Waals surface area contributed by atoms with Gasteiger partial charge in [-0.3, -0.25) is 9.32 Å². The van der Waals surface area contributed by atoms with E-state index in [9.17, 15) is 9.36 Å². The minimum Gasteiger partial charge on any atom is -0.468 e. The Kier molecular flexibility index (Phi) is 7.35. The monoisotopic (exact) mass is 446 g/mol. The zero-order valence-corrected chi connectivity index (χ0v) is 17.9. The summed E-state index contributed by atoms with van der Waals surface area (Å²) in [7, 11) is -2.63. The van der Waals surface area contributed by atoms with Gasteiger partial charge in [-0.05, 0) is 19.1 Å². The smallest absolute Gasteiger partial charge is 0.459 e. The molecule has 3 aromatic rings. The van der Waals surface area contributed by atoms with Gasteiger partial charge in [0.25, 0.3) is 0 Å². The maximum absolute atomic E-state index is 13.2. The van der Waals surface area contributed by atoms with E-state index in [1.165, 1.54) is 20.4 Å². The van der Waals surface area contributed by atoms with Gasteiger partial charge in [0, 0.05) is 6.54 Å². The second kappa shape index (κ2) is 10.2. The van der Waals surface area contributed by atoms with E-state index >= 15 is 0 Å². The molecule has 11 nitrogen and oxygen atoms in total. The molecule has 2 unspecified atom stereocenters. The third-order valence-electron chi connectivity index (χ3n) is 4.11. The summed E-state index contributed by atoms with van der Waals surface area (Å²) in [5.74, 6) is 0.0478. The number of anilines is 1. The summed E-state index contributed by atoms with van der Waals surface area (Å²) >= 11 is 0. The van der Waals surface area contributed by atoms with Crippen LogP contribution in [0.1, 0.15) is 6.92 Å². The Balaban J connectivity index is 1.64. The fourth-order valence-electron chi connectivity index (χ4n) is 2.61. The average molecular weight is 446 g/mol. The van der Waals surface area contributed by atoms with Gasteiger partial charge in [-0.1, -0.05) is 30.4 Å². The molecule has 0 aliphatic carbocycles. The van der Waals surface area contributed by atoms with E-state index in [0.717, 1.165) is 0 Å².